The quantitative estimate of drug-likeness (QED) is 0.876. The number of nitrogens with zero attached hydrogens (tertiary/aromatic N) is 4. The van der Waals surface area contributed by atoms with Crippen molar-refractivity contribution in [3.8, 4) is 5.69 Å². The van der Waals surface area contributed by atoms with E-state index >= 15 is 0 Å². The second-order valence-electron chi connectivity index (χ2n) is 4.85. The van der Waals surface area contributed by atoms with Gasteiger partial charge in [-0.15, -0.1) is 5.10 Å². The number of hydrogen-bond acceptors (Lipinski definition) is 4. The minimum atomic E-state index is -0.129. The molecule has 5 nitrogen and oxygen atoms in total. The third-order valence-electron chi connectivity index (χ3n) is 2.34. The Morgan fingerprint density at radius 2 is 2.00 bits per heavy atom. The van der Waals surface area contributed by atoms with Crippen LogP contribution in [0.1, 0.15) is 26.5 Å². The summed E-state index contributed by atoms with van der Waals surface area (Å²) in [5, 5.41) is 8.01. The van der Waals surface area contributed by atoms with Crippen molar-refractivity contribution in [2.24, 2.45) is 0 Å². The predicted molar refractivity (Wildman–Crippen MR) is 70.0 cm³/mol. The van der Waals surface area contributed by atoms with Crippen LogP contribution < -0.4 is 5.73 Å². The van der Waals surface area contributed by atoms with Gasteiger partial charge in [-0.3, -0.25) is 4.98 Å². The highest BCUT2D eigenvalue weighted by molar-refractivity contribution is 9.10. The van der Waals surface area contributed by atoms with Crippen molar-refractivity contribution < 1.29 is 0 Å². The maximum Gasteiger partial charge on any atom is 0.170 e. The Hall–Kier alpha value is -1.43. The number of aromatic nitrogens is 4. The fraction of sp³-hybridized carbons (Fsp3) is 0.364. The molecule has 0 saturated heterocycles. The van der Waals surface area contributed by atoms with Gasteiger partial charge in [0, 0.05) is 16.1 Å². The maximum atomic E-state index is 5.88. The molecule has 6 heteroatoms. The second kappa shape index (κ2) is 4.10. The van der Waals surface area contributed by atoms with Crippen LogP contribution in [0.3, 0.4) is 0 Å². The average molecular weight is 296 g/mol. The monoisotopic (exact) mass is 295 g/mol. The first kappa shape index (κ1) is 12.0. The molecule has 0 aliphatic heterocycles. The van der Waals surface area contributed by atoms with Crippen molar-refractivity contribution in [3.63, 3.8) is 0 Å². The van der Waals surface area contributed by atoms with Crippen molar-refractivity contribution in [3.05, 3.63) is 28.6 Å². The lowest BCUT2D eigenvalue weighted by atomic mass is 9.92. The van der Waals surface area contributed by atoms with E-state index in [4.69, 9.17) is 5.73 Å². The van der Waals surface area contributed by atoms with Gasteiger partial charge in [0.2, 0.25) is 0 Å². The Morgan fingerprint density at radius 1 is 1.29 bits per heavy atom. The molecule has 0 bridgehead atoms. The number of rotatable bonds is 1. The summed E-state index contributed by atoms with van der Waals surface area (Å²) >= 11 is 3.39. The van der Waals surface area contributed by atoms with E-state index in [9.17, 15) is 0 Å². The molecular weight excluding hydrogens is 282 g/mol. The highest BCUT2D eigenvalue weighted by Crippen LogP contribution is 2.28. The van der Waals surface area contributed by atoms with Gasteiger partial charge in [0.05, 0.1) is 17.6 Å². The molecule has 0 spiro atoms. The number of pyridine rings is 1. The molecule has 0 aliphatic carbocycles. The molecule has 0 fully saturated rings. The first-order valence-corrected chi connectivity index (χ1v) is 6.01. The molecule has 2 heterocycles. The molecule has 0 aliphatic rings. The molecule has 2 rings (SSSR count). The number of anilines is 1. The molecule has 2 N–H and O–H groups in total. The van der Waals surface area contributed by atoms with Crippen LogP contribution >= 0.6 is 15.9 Å². The fourth-order valence-electron chi connectivity index (χ4n) is 1.69. The minimum absolute atomic E-state index is 0.129. The first-order valence-electron chi connectivity index (χ1n) is 5.22. The zero-order valence-corrected chi connectivity index (χ0v) is 11.6. The number of hydrogen-bond donors (Lipinski definition) is 1. The summed E-state index contributed by atoms with van der Waals surface area (Å²) < 4.78 is 2.62. The Morgan fingerprint density at radius 3 is 2.59 bits per heavy atom. The van der Waals surface area contributed by atoms with Gasteiger partial charge in [-0.05, 0) is 22.0 Å². The topological polar surface area (TPSA) is 69.6 Å². The van der Waals surface area contributed by atoms with Gasteiger partial charge in [0.15, 0.2) is 5.82 Å². The van der Waals surface area contributed by atoms with Crippen molar-refractivity contribution >= 4 is 21.7 Å². The second-order valence-corrected chi connectivity index (χ2v) is 5.76. The van der Waals surface area contributed by atoms with Gasteiger partial charge in [0.25, 0.3) is 0 Å². The van der Waals surface area contributed by atoms with Gasteiger partial charge < -0.3 is 5.73 Å². The summed E-state index contributed by atoms with van der Waals surface area (Å²) in [6.45, 7) is 6.22. The van der Waals surface area contributed by atoms with E-state index < -0.39 is 0 Å². The number of nitrogen functional groups attached to an aromatic ring is 1. The van der Waals surface area contributed by atoms with E-state index in [0.717, 1.165) is 15.9 Å². The molecule has 90 valence electrons. The molecule has 0 saturated carbocycles. The molecule has 0 aromatic carbocycles. The van der Waals surface area contributed by atoms with E-state index in [1.807, 2.05) is 6.07 Å². The van der Waals surface area contributed by atoms with E-state index in [0.29, 0.717) is 5.82 Å². The zero-order valence-electron chi connectivity index (χ0n) is 9.98. The predicted octanol–water partition coefficient (Wildman–Crippen LogP) is 2.30. The smallest absolute Gasteiger partial charge is 0.170 e. The molecule has 2 aromatic rings. The molecular formula is C11H14BrN5. The largest absolute Gasteiger partial charge is 0.381 e. The lowest BCUT2D eigenvalue weighted by molar-refractivity contribution is 0.544. The average Bonchev–Trinajstić information content (AvgIpc) is 2.59. The molecule has 0 amide bonds. The summed E-state index contributed by atoms with van der Waals surface area (Å²) in [4.78, 5) is 4.12. The summed E-state index contributed by atoms with van der Waals surface area (Å²) in [5.74, 6) is 0.456. The van der Waals surface area contributed by atoms with Gasteiger partial charge in [0.1, 0.15) is 0 Å². The normalized spacial score (nSPS) is 11.8. The lowest BCUT2D eigenvalue weighted by Gasteiger charge is -2.19. The number of halogens is 1. The van der Waals surface area contributed by atoms with Crippen LogP contribution in [0.2, 0.25) is 0 Å². The summed E-state index contributed by atoms with van der Waals surface area (Å²) in [6, 6.07) is 1.93. The molecule has 0 atom stereocenters. The van der Waals surface area contributed by atoms with E-state index in [-0.39, 0.29) is 5.41 Å². The Kier molecular flexibility index (Phi) is 2.91. The van der Waals surface area contributed by atoms with Crippen molar-refractivity contribution in [2.45, 2.75) is 26.2 Å². The lowest BCUT2D eigenvalue weighted by Crippen LogP contribution is -2.19. The van der Waals surface area contributed by atoms with Crippen LogP contribution in [0.15, 0.2) is 22.9 Å². The standard InChI is InChI=1S/C11H14BrN5/c1-11(2,3)9-10(13)15-16-17(9)8-4-7(12)5-14-6-8/h4-6H,13H2,1-3H3. The number of nitrogens with two attached hydrogens (primary N) is 1. The van der Waals surface area contributed by atoms with Crippen molar-refractivity contribution in [1.82, 2.24) is 20.0 Å². The van der Waals surface area contributed by atoms with Gasteiger partial charge in [-0.2, -0.15) is 0 Å². The van der Waals surface area contributed by atoms with Gasteiger partial charge in [-0.25, -0.2) is 4.68 Å². The van der Waals surface area contributed by atoms with E-state index in [2.05, 4.69) is 52.0 Å². The third-order valence-corrected chi connectivity index (χ3v) is 2.78. The Bertz CT molecular complexity index is 541. The first-order chi connectivity index (χ1) is 7.89. The van der Waals surface area contributed by atoms with E-state index in [1.54, 1.807) is 17.1 Å². The molecule has 17 heavy (non-hydrogen) atoms. The molecule has 0 radical (unpaired) electrons. The van der Waals surface area contributed by atoms with Gasteiger partial charge in [-0.1, -0.05) is 26.0 Å². The SMILES string of the molecule is CC(C)(C)c1c(N)nnn1-c1cncc(Br)c1. The minimum Gasteiger partial charge on any atom is -0.381 e. The highest BCUT2D eigenvalue weighted by atomic mass is 79.9. The highest BCUT2D eigenvalue weighted by Gasteiger charge is 2.24. The van der Waals surface area contributed by atoms with Crippen LogP contribution in [-0.2, 0) is 5.41 Å². The zero-order chi connectivity index (χ0) is 12.6. The summed E-state index contributed by atoms with van der Waals surface area (Å²) in [5.41, 5.74) is 7.47. The van der Waals surface area contributed by atoms with Crippen LogP contribution in [0.5, 0.6) is 0 Å². The maximum absolute atomic E-state index is 5.88. The van der Waals surface area contributed by atoms with Crippen LogP contribution in [0.25, 0.3) is 5.69 Å². The third kappa shape index (κ3) is 2.31. The van der Waals surface area contributed by atoms with Crippen LogP contribution in [-0.4, -0.2) is 20.0 Å². The van der Waals surface area contributed by atoms with Crippen LogP contribution in [0, 0.1) is 0 Å². The van der Waals surface area contributed by atoms with Crippen LogP contribution in [0.4, 0.5) is 5.82 Å². The fourth-order valence-corrected chi connectivity index (χ4v) is 2.05. The molecule has 0 unspecified atom stereocenters. The Balaban J connectivity index is 2.61. The van der Waals surface area contributed by atoms with E-state index in [1.165, 1.54) is 0 Å². The summed E-state index contributed by atoms with van der Waals surface area (Å²) in [6.07, 6.45) is 3.45. The Labute approximate surface area is 108 Å². The molecule has 2 aromatic heterocycles. The van der Waals surface area contributed by atoms with Crippen molar-refractivity contribution in [2.75, 3.05) is 5.73 Å². The summed E-state index contributed by atoms with van der Waals surface area (Å²) in [7, 11) is 0. The van der Waals surface area contributed by atoms with Crippen molar-refractivity contribution in [1.29, 1.82) is 0 Å². The van der Waals surface area contributed by atoms with Gasteiger partial charge >= 0.3 is 0 Å².